The van der Waals surface area contributed by atoms with Gasteiger partial charge in [-0.25, -0.2) is 0 Å². The van der Waals surface area contributed by atoms with Gasteiger partial charge >= 0.3 is 0 Å². The number of primary amides is 1. The van der Waals surface area contributed by atoms with Gasteiger partial charge in [-0.2, -0.15) is 0 Å². The highest BCUT2D eigenvalue weighted by Gasteiger charge is 2.31. The summed E-state index contributed by atoms with van der Waals surface area (Å²) >= 11 is 11.9. The van der Waals surface area contributed by atoms with E-state index in [0.29, 0.717) is 16.6 Å². The Bertz CT molecular complexity index is 563. The van der Waals surface area contributed by atoms with E-state index in [-0.39, 0.29) is 30.2 Å². The second-order valence-electron chi connectivity index (χ2n) is 5.48. The summed E-state index contributed by atoms with van der Waals surface area (Å²) in [6.07, 6.45) is 1.72. The molecule has 2 rings (SSSR count). The molecule has 1 aromatic rings. The SMILES string of the molecule is C[C@@H]1CC[C@H](C(N)=O)CN1C(=O)Cc1ccc(Cl)cc1Cl. The Morgan fingerprint density at radius 3 is 2.67 bits per heavy atom. The van der Waals surface area contributed by atoms with E-state index in [2.05, 4.69) is 0 Å². The lowest BCUT2D eigenvalue weighted by Gasteiger charge is -2.37. The van der Waals surface area contributed by atoms with Gasteiger partial charge in [0.1, 0.15) is 0 Å². The number of amides is 2. The van der Waals surface area contributed by atoms with Crippen molar-refractivity contribution < 1.29 is 9.59 Å². The molecule has 1 fully saturated rings. The highest BCUT2D eigenvalue weighted by molar-refractivity contribution is 6.35. The lowest BCUT2D eigenvalue weighted by atomic mass is 9.92. The normalized spacial score (nSPS) is 22.1. The molecule has 6 heteroatoms. The Morgan fingerprint density at radius 1 is 1.33 bits per heavy atom. The van der Waals surface area contributed by atoms with Crippen LogP contribution in [-0.2, 0) is 16.0 Å². The largest absolute Gasteiger partial charge is 0.369 e. The number of rotatable bonds is 3. The van der Waals surface area contributed by atoms with E-state index in [4.69, 9.17) is 28.9 Å². The van der Waals surface area contributed by atoms with Crippen LogP contribution in [0.1, 0.15) is 25.3 Å². The Hall–Kier alpha value is -1.26. The monoisotopic (exact) mass is 328 g/mol. The third kappa shape index (κ3) is 3.89. The fraction of sp³-hybridized carbons (Fsp3) is 0.467. The number of likely N-dealkylation sites (tertiary alicyclic amines) is 1. The van der Waals surface area contributed by atoms with Crippen molar-refractivity contribution in [3.8, 4) is 0 Å². The zero-order valence-corrected chi connectivity index (χ0v) is 13.3. The minimum Gasteiger partial charge on any atom is -0.369 e. The number of nitrogens with two attached hydrogens (primary N) is 1. The Balaban J connectivity index is 2.09. The maximum atomic E-state index is 12.5. The van der Waals surface area contributed by atoms with Crippen molar-refractivity contribution in [2.45, 2.75) is 32.2 Å². The molecule has 0 unspecified atom stereocenters. The molecule has 1 heterocycles. The molecule has 0 spiro atoms. The van der Waals surface area contributed by atoms with Gasteiger partial charge in [-0.15, -0.1) is 0 Å². The average Bonchev–Trinajstić information content (AvgIpc) is 2.42. The summed E-state index contributed by atoms with van der Waals surface area (Å²) in [5.74, 6) is -0.646. The molecule has 2 N–H and O–H groups in total. The van der Waals surface area contributed by atoms with E-state index >= 15 is 0 Å². The minimum absolute atomic E-state index is 0.0438. The van der Waals surface area contributed by atoms with Crippen LogP contribution in [0.15, 0.2) is 18.2 Å². The second kappa shape index (κ2) is 6.67. The molecule has 0 radical (unpaired) electrons. The van der Waals surface area contributed by atoms with Crippen LogP contribution >= 0.6 is 23.2 Å². The van der Waals surface area contributed by atoms with Gasteiger partial charge in [0, 0.05) is 22.6 Å². The molecule has 0 bridgehead atoms. The van der Waals surface area contributed by atoms with Crippen LogP contribution in [0.4, 0.5) is 0 Å². The molecule has 114 valence electrons. The van der Waals surface area contributed by atoms with Gasteiger partial charge in [-0.05, 0) is 37.5 Å². The van der Waals surface area contributed by atoms with E-state index in [1.807, 2.05) is 6.92 Å². The van der Waals surface area contributed by atoms with Crippen molar-refractivity contribution >= 4 is 35.0 Å². The fourth-order valence-electron chi connectivity index (χ4n) is 2.62. The van der Waals surface area contributed by atoms with Crippen LogP contribution in [0.2, 0.25) is 10.0 Å². The van der Waals surface area contributed by atoms with Crippen molar-refractivity contribution in [1.82, 2.24) is 4.90 Å². The number of benzene rings is 1. The molecule has 1 aliphatic rings. The molecule has 1 aromatic carbocycles. The topological polar surface area (TPSA) is 63.4 Å². The predicted molar refractivity (Wildman–Crippen MR) is 83.3 cm³/mol. The number of carbonyl (C=O) groups excluding carboxylic acids is 2. The van der Waals surface area contributed by atoms with E-state index in [1.165, 1.54) is 0 Å². The maximum Gasteiger partial charge on any atom is 0.227 e. The van der Waals surface area contributed by atoms with E-state index in [1.54, 1.807) is 23.1 Å². The first kappa shape index (κ1) is 16.1. The lowest BCUT2D eigenvalue weighted by molar-refractivity contribution is -0.136. The van der Waals surface area contributed by atoms with Crippen LogP contribution in [0.5, 0.6) is 0 Å². The maximum absolute atomic E-state index is 12.5. The summed E-state index contributed by atoms with van der Waals surface area (Å²) in [4.78, 5) is 25.5. The van der Waals surface area contributed by atoms with Crippen molar-refractivity contribution in [1.29, 1.82) is 0 Å². The molecule has 4 nitrogen and oxygen atoms in total. The second-order valence-corrected chi connectivity index (χ2v) is 6.33. The molecule has 2 atom stereocenters. The third-order valence-corrected chi connectivity index (χ3v) is 4.55. The lowest BCUT2D eigenvalue weighted by Crippen LogP contribution is -2.49. The van der Waals surface area contributed by atoms with E-state index in [0.717, 1.165) is 18.4 Å². The average molecular weight is 329 g/mol. The van der Waals surface area contributed by atoms with Gasteiger partial charge in [-0.3, -0.25) is 9.59 Å². The van der Waals surface area contributed by atoms with Gasteiger partial charge in [0.05, 0.1) is 12.3 Å². The quantitative estimate of drug-likeness (QED) is 0.927. The zero-order chi connectivity index (χ0) is 15.6. The molecule has 2 amide bonds. The first-order valence-corrected chi connectivity index (χ1v) is 7.66. The van der Waals surface area contributed by atoms with Gasteiger partial charge in [0.2, 0.25) is 11.8 Å². The highest BCUT2D eigenvalue weighted by Crippen LogP contribution is 2.25. The van der Waals surface area contributed by atoms with E-state index in [9.17, 15) is 9.59 Å². The first-order valence-electron chi connectivity index (χ1n) is 6.91. The standard InChI is InChI=1S/C15H18Cl2N2O2/c1-9-2-3-11(15(18)21)8-19(9)14(20)6-10-4-5-12(16)7-13(10)17/h4-5,7,9,11H,2-3,6,8H2,1H3,(H2,18,21)/t9-,11+/m1/s1. The Morgan fingerprint density at radius 2 is 2.05 bits per heavy atom. The molecule has 0 aliphatic carbocycles. The molecular weight excluding hydrogens is 311 g/mol. The smallest absolute Gasteiger partial charge is 0.227 e. The summed E-state index contributed by atoms with van der Waals surface area (Å²) < 4.78 is 0. The van der Waals surface area contributed by atoms with Crippen molar-refractivity contribution in [2.24, 2.45) is 11.7 Å². The zero-order valence-electron chi connectivity index (χ0n) is 11.8. The number of hydrogen-bond donors (Lipinski definition) is 1. The van der Waals surface area contributed by atoms with Crippen molar-refractivity contribution in [3.63, 3.8) is 0 Å². The van der Waals surface area contributed by atoms with Crippen LogP contribution < -0.4 is 5.73 Å². The van der Waals surface area contributed by atoms with E-state index < -0.39 is 0 Å². The summed E-state index contributed by atoms with van der Waals surface area (Å²) in [5, 5.41) is 1.02. The fourth-order valence-corrected chi connectivity index (χ4v) is 3.09. The number of carbonyl (C=O) groups is 2. The summed E-state index contributed by atoms with van der Waals surface area (Å²) in [6, 6.07) is 5.20. The number of halogens is 2. The highest BCUT2D eigenvalue weighted by atomic mass is 35.5. The Labute approximate surface area is 134 Å². The summed E-state index contributed by atoms with van der Waals surface area (Å²) in [6.45, 7) is 2.37. The van der Waals surface area contributed by atoms with Gasteiger partial charge in [0.15, 0.2) is 0 Å². The van der Waals surface area contributed by atoms with Crippen LogP contribution in [-0.4, -0.2) is 29.3 Å². The molecule has 1 aliphatic heterocycles. The minimum atomic E-state index is -0.343. The van der Waals surface area contributed by atoms with Crippen molar-refractivity contribution in [3.05, 3.63) is 33.8 Å². The first-order chi connectivity index (χ1) is 9.88. The summed E-state index contributed by atoms with van der Waals surface area (Å²) in [5.41, 5.74) is 6.09. The number of piperidine rings is 1. The van der Waals surface area contributed by atoms with Gasteiger partial charge in [-0.1, -0.05) is 29.3 Å². The summed E-state index contributed by atoms with van der Waals surface area (Å²) in [7, 11) is 0. The Kier molecular flexibility index (Phi) is 5.12. The third-order valence-electron chi connectivity index (χ3n) is 3.96. The van der Waals surface area contributed by atoms with Crippen LogP contribution in [0.3, 0.4) is 0 Å². The molecule has 21 heavy (non-hydrogen) atoms. The van der Waals surface area contributed by atoms with Crippen LogP contribution in [0, 0.1) is 5.92 Å². The van der Waals surface area contributed by atoms with Crippen LogP contribution in [0.25, 0.3) is 0 Å². The van der Waals surface area contributed by atoms with Gasteiger partial charge in [0.25, 0.3) is 0 Å². The molecule has 0 saturated carbocycles. The molecule has 0 aromatic heterocycles. The predicted octanol–water partition coefficient (Wildman–Crippen LogP) is 2.65. The van der Waals surface area contributed by atoms with Crippen molar-refractivity contribution in [2.75, 3.05) is 6.54 Å². The van der Waals surface area contributed by atoms with Gasteiger partial charge < -0.3 is 10.6 Å². The molecule has 1 saturated heterocycles. The molecular formula is C15H18Cl2N2O2. The number of hydrogen-bond acceptors (Lipinski definition) is 2. The number of nitrogens with zero attached hydrogens (tertiary/aromatic N) is 1.